The van der Waals surface area contributed by atoms with Gasteiger partial charge in [-0.3, -0.25) is 10.1 Å². The zero-order valence-electron chi connectivity index (χ0n) is 17.5. The van der Waals surface area contributed by atoms with Gasteiger partial charge in [0, 0.05) is 12.2 Å². The van der Waals surface area contributed by atoms with Gasteiger partial charge >= 0.3 is 12.1 Å². The number of carbonyl (C=O) groups excluding carboxylic acids is 3. The van der Waals surface area contributed by atoms with Crippen LogP contribution in [0.4, 0.5) is 24.1 Å². The summed E-state index contributed by atoms with van der Waals surface area (Å²) < 4.78 is 26.7. The Bertz CT molecular complexity index is 1250. The summed E-state index contributed by atoms with van der Waals surface area (Å²) in [4.78, 5) is 35.8. The molecule has 0 spiro atoms. The van der Waals surface area contributed by atoms with Crippen LogP contribution in [0.3, 0.4) is 0 Å². The van der Waals surface area contributed by atoms with Crippen molar-refractivity contribution in [3.05, 3.63) is 89.5 Å². The second-order valence-corrected chi connectivity index (χ2v) is 7.75. The molecule has 168 valence electrons. The van der Waals surface area contributed by atoms with Crippen LogP contribution >= 0.6 is 0 Å². The largest absolute Gasteiger partial charge is 0.334 e. The molecule has 0 aromatic heterocycles. The van der Waals surface area contributed by atoms with Gasteiger partial charge in [-0.2, -0.15) is 0 Å². The Morgan fingerprint density at radius 2 is 1.67 bits per heavy atom. The van der Waals surface area contributed by atoms with Crippen molar-refractivity contribution in [3.63, 3.8) is 0 Å². The summed E-state index contributed by atoms with van der Waals surface area (Å²) in [6.07, 6.45) is 0. The lowest BCUT2D eigenvalue weighted by Crippen LogP contribution is -2.40. The van der Waals surface area contributed by atoms with Gasteiger partial charge < -0.3 is 16.0 Å². The normalized spacial score (nSPS) is 17.3. The number of amides is 5. The molecule has 9 heteroatoms. The van der Waals surface area contributed by atoms with Gasteiger partial charge in [0.1, 0.15) is 5.54 Å². The van der Waals surface area contributed by atoms with E-state index in [1.54, 1.807) is 55.5 Å². The monoisotopic (exact) mass is 450 g/mol. The van der Waals surface area contributed by atoms with E-state index in [1.807, 2.05) is 0 Å². The third-order valence-corrected chi connectivity index (χ3v) is 5.40. The molecule has 5 amide bonds. The highest BCUT2D eigenvalue weighted by Gasteiger charge is 2.43. The second-order valence-electron chi connectivity index (χ2n) is 7.75. The number of urea groups is 2. The quantitative estimate of drug-likeness (QED) is 0.442. The fraction of sp³-hybridized carbons (Fsp3) is 0.125. The first-order chi connectivity index (χ1) is 15.7. The van der Waals surface area contributed by atoms with Crippen molar-refractivity contribution < 1.29 is 23.2 Å². The zero-order valence-corrected chi connectivity index (χ0v) is 17.5. The van der Waals surface area contributed by atoms with Gasteiger partial charge in [0.15, 0.2) is 11.6 Å². The van der Waals surface area contributed by atoms with Crippen molar-refractivity contribution in [1.82, 2.24) is 16.0 Å². The number of hydrogen-bond donors (Lipinski definition) is 4. The topological polar surface area (TPSA) is 99.3 Å². The van der Waals surface area contributed by atoms with Crippen LogP contribution in [-0.4, -0.2) is 18.0 Å². The maximum Gasteiger partial charge on any atom is 0.322 e. The molecule has 1 fully saturated rings. The lowest BCUT2D eigenvalue weighted by Gasteiger charge is -2.21. The summed E-state index contributed by atoms with van der Waals surface area (Å²) in [5.74, 6) is -2.30. The predicted octanol–water partition coefficient (Wildman–Crippen LogP) is 4.01. The maximum absolute atomic E-state index is 13.5. The average Bonchev–Trinajstić information content (AvgIpc) is 3.06. The lowest BCUT2D eigenvalue weighted by molar-refractivity contribution is -0.123. The van der Waals surface area contributed by atoms with E-state index in [2.05, 4.69) is 21.3 Å². The number of anilines is 1. The SMILES string of the molecule is CC1(c2ccc(CNC(=O)Nc3cccc(-c4ccc(F)c(F)c4)c3)cc2)NC(=O)NC1=O. The molecule has 1 atom stereocenters. The average molecular weight is 450 g/mol. The smallest absolute Gasteiger partial charge is 0.322 e. The molecule has 3 aromatic rings. The van der Waals surface area contributed by atoms with E-state index in [1.165, 1.54) is 6.07 Å². The Hall–Kier alpha value is -4.27. The first kappa shape index (κ1) is 21.9. The molecule has 1 aliphatic rings. The third kappa shape index (κ3) is 4.67. The van der Waals surface area contributed by atoms with Crippen molar-refractivity contribution in [1.29, 1.82) is 0 Å². The molecule has 3 aromatic carbocycles. The molecule has 1 saturated heterocycles. The first-order valence-electron chi connectivity index (χ1n) is 10.1. The van der Waals surface area contributed by atoms with Gasteiger partial charge in [-0.1, -0.05) is 42.5 Å². The molecular formula is C24H20F2N4O3. The van der Waals surface area contributed by atoms with Gasteiger partial charge in [0.2, 0.25) is 0 Å². The Balaban J connectivity index is 1.36. The van der Waals surface area contributed by atoms with Gasteiger partial charge in [-0.15, -0.1) is 0 Å². The van der Waals surface area contributed by atoms with Crippen molar-refractivity contribution in [2.75, 3.05) is 5.32 Å². The highest BCUT2D eigenvalue weighted by Crippen LogP contribution is 2.25. The van der Waals surface area contributed by atoms with E-state index in [-0.39, 0.29) is 6.54 Å². The Morgan fingerprint density at radius 3 is 2.33 bits per heavy atom. The van der Waals surface area contributed by atoms with Crippen LogP contribution in [-0.2, 0) is 16.9 Å². The summed E-state index contributed by atoms with van der Waals surface area (Å²) in [6, 6.07) is 16.3. The van der Waals surface area contributed by atoms with Gasteiger partial charge in [0.05, 0.1) is 0 Å². The summed E-state index contributed by atoms with van der Waals surface area (Å²) in [6.45, 7) is 1.84. The van der Waals surface area contributed by atoms with Crippen LogP contribution in [0.1, 0.15) is 18.1 Å². The van der Waals surface area contributed by atoms with Gasteiger partial charge in [-0.05, 0) is 53.4 Å². The number of halogens is 2. The highest BCUT2D eigenvalue weighted by atomic mass is 19.2. The number of imide groups is 1. The van der Waals surface area contributed by atoms with Gasteiger partial charge in [0.25, 0.3) is 5.91 Å². The third-order valence-electron chi connectivity index (χ3n) is 5.40. The number of hydrogen-bond acceptors (Lipinski definition) is 3. The lowest BCUT2D eigenvalue weighted by atomic mass is 9.91. The predicted molar refractivity (Wildman–Crippen MR) is 118 cm³/mol. The molecular weight excluding hydrogens is 430 g/mol. The fourth-order valence-electron chi connectivity index (χ4n) is 3.51. The summed E-state index contributed by atoms with van der Waals surface area (Å²) in [5, 5.41) is 10.2. The van der Waals surface area contributed by atoms with E-state index in [0.717, 1.165) is 17.7 Å². The molecule has 4 rings (SSSR count). The van der Waals surface area contributed by atoms with Crippen LogP contribution in [0.25, 0.3) is 11.1 Å². The zero-order chi connectivity index (χ0) is 23.6. The molecule has 1 heterocycles. The van der Waals surface area contributed by atoms with E-state index in [0.29, 0.717) is 22.4 Å². The summed E-state index contributed by atoms with van der Waals surface area (Å²) in [5.41, 5.74) is 1.86. The number of carbonyl (C=O) groups is 3. The molecule has 0 radical (unpaired) electrons. The van der Waals surface area contributed by atoms with Crippen LogP contribution in [0, 0.1) is 11.6 Å². The number of nitrogens with one attached hydrogen (secondary N) is 4. The molecule has 1 unspecified atom stereocenters. The van der Waals surface area contributed by atoms with Crippen LogP contribution < -0.4 is 21.3 Å². The van der Waals surface area contributed by atoms with Crippen LogP contribution in [0.2, 0.25) is 0 Å². The number of rotatable bonds is 5. The van der Waals surface area contributed by atoms with Crippen molar-refractivity contribution in [2.24, 2.45) is 0 Å². The Labute approximate surface area is 188 Å². The van der Waals surface area contributed by atoms with Gasteiger partial charge in [-0.25, -0.2) is 18.4 Å². The minimum atomic E-state index is -1.14. The first-order valence-corrected chi connectivity index (χ1v) is 10.1. The molecule has 7 nitrogen and oxygen atoms in total. The molecule has 0 bridgehead atoms. The molecule has 1 aliphatic heterocycles. The fourth-order valence-corrected chi connectivity index (χ4v) is 3.51. The Morgan fingerprint density at radius 1 is 0.939 bits per heavy atom. The minimum absolute atomic E-state index is 0.226. The molecule has 33 heavy (non-hydrogen) atoms. The van der Waals surface area contributed by atoms with Crippen molar-refractivity contribution >= 4 is 23.7 Å². The highest BCUT2D eigenvalue weighted by molar-refractivity contribution is 6.07. The van der Waals surface area contributed by atoms with Crippen molar-refractivity contribution in [3.8, 4) is 11.1 Å². The Kier molecular flexibility index (Phi) is 5.78. The minimum Gasteiger partial charge on any atom is -0.334 e. The van der Waals surface area contributed by atoms with Crippen LogP contribution in [0.5, 0.6) is 0 Å². The standard InChI is InChI=1S/C24H20F2N4O3/c1-24(21(31)29-23(33)30-24)17-8-5-14(6-9-17)13-27-22(32)28-18-4-2-3-15(11-18)16-7-10-19(25)20(26)12-16/h2-12H,13H2,1H3,(H2,27,28,32)(H2,29,30,31,33). The van der Waals surface area contributed by atoms with Crippen molar-refractivity contribution in [2.45, 2.75) is 19.0 Å². The van der Waals surface area contributed by atoms with E-state index in [4.69, 9.17) is 0 Å². The summed E-state index contributed by atoms with van der Waals surface area (Å²) in [7, 11) is 0. The second kappa shape index (κ2) is 8.70. The molecule has 4 N–H and O–H groups in total. The van der Waals surface area contributed by atoms with Crippen LogP contribution in [0.15, 0.2) is 66.7 Å². The van der Waals surface area contributed by atoms with E-state index in [9.17, 15) is 23.2 Å². The van der Waals surface area contributed by atoms with E-state index >= 15 is 0 Å². The molecule has 0 aliphatic carbocycles. The number of benzene rings is 3. The molecule has 0 saturated carbocycles. The summed E-state index contributed by atoms with van der Waals surface area (Å²) >= 11 is 0. The van der Waals surface area contributed by atoms with E-state index < -0.39 is 35.1 Å². The maximum atomic E-state index is 13.5.